The average Bonchev–Trinajstić information content (AvgIpc) is 3.32. The number of carbonyl (C=O) groups excluding carboxylic acids is 1. The summed E-state index contributed by atoms with van der Waals surface area (Å²) in [5.74, 6) is -0.432. The van der Waals surface area contributed by atoms with Crippen molar-refractivity contribution < 1.29 is 34.1 Å². The van der Waals surface area contributed by atoms with Gasteiger partial charge < -0.3 is 15.1 Å². The number of aliphatic hydroxyl groups excluding tert-OH is 1. The number of hydrogen-bond donors (Lipinski definition) is 5. The fraction of sp³-hybridized carbons (Fsp3) is 0.162. The van der Waals surface area contributed by atoms with Gasteiger partial charge in [-0.15, -0.1) is 0 Å². The Morgan fingerprint density at radius 2 is 1.34 bits per heavy atom. The molecule has 0 spiro atoms. The van der Waals surface area contributed by atoms with Gasteiger partial charge in [0.25, 0.3) is 0 Å². The molecular weight excluding hydrogens is 618 g/mol. The van der Waals surface area contributed by atoms with Crippen LogP contribution in [0.4, 0.5) is 14.9 Å². The van der Waals surface area contributed by atoms with Crippen molar-refractivity contribution in [2.45, 2.75) is 31.0 Å². The Morgan fingerprint density at radius 3 is 1.96 bits per heavy atom. The summed E-state index contributed by atoms with van der Waals surface area (Å²) >= 11 is 0. The van der Waals surface area contributed by atoms with Crippen LogP contribution in [-0.4, -0.2) is 48.9 Å². The summed E-state index contributed by atoms with van der Waals surface area (Å²) in [4.78, 5) is 46.0. The minimum absolute atomic E-state index is 0.00851. The van der Waals surface area contributed by atoms with Crippen LogP contribution in [-0.2, 0) is 0 Å². The van der Waals surface area contributed by atoms with Crippen LogP contribution in [0.1, 0.15) is 36.1 Å². The number of amides is 2. The van der Waals surface area contributed by atoms with Gasteiger partial charge in [0.15, 0.2) is 5.30 Å². The fourth-order valence-corrected chi connectivity index (χ4v) is 6.79. The van der Waals surface area contributed by atoms with Crippen LogP contribution in [0.15, 0.2) is 121 Å². The van der Waals surface area contributed by atoms with E-state index < -0.39 is 31.9 Å². The van der Waals surface area contributed by atoms with E-state index in [0.717, 1.165) is 11.1 Å². The molecule has 0 unspecified atom stereocenters. The number of aromatic hydroxyl groups is 1. The normalized spacial score (nSPS) is 17.3. The second kappa shape index (κ2) is 13.2. The molecule has 6 rings (SSSR count). The number of carbonyl (C=O) groups is 1. The maximum absolute atomic E-state index is 13.9. The van der Waals surface area contributed by atoms with E-state index >= 15 is 0 Å². The molecule has 10 heteroatoms. The first kappa shape index (κ1) is 32.3. The molecule has 5 N–H and O–H groups in total. The second-order valence-electron chi connectivity index (χ2n) is 11.7. The zero-order chi connectivity index (χ0) is 33.3. The highest BCUT2D eigenvalue weighted by Gasteiger charge is 2.46. The van der Waals surface area contributed by atoms with Gasteiger partial charge in [0.1, 0.15) is 11.6 Å². The second-order valence-corrected chi connectivity index (χ2v) is 13.4. The number of phenolic OH excluding ortho intramolecular Hbond substituents is 1. The number of nitrogens with zero attached hydrogens (tertiary/aromatic N) is 2. The largest absolute Gasteiger partial charge is 0.508 e. The highest BCUT2D eigenvalue weighted by atomic mass is 31.2. The Balaban J connectivity index is 1.35. The van der Waals surface area contributed by atoms with Crippen LogP contribution in [0.2, 0.25) is 0 Å². The molecule has 1 aliphatic heterocycles. The van der Waals surface area contributed by atoms with Gasteiger partial charge in [-0.3, -0.25) is 4.90 Å². The third kappa shape index (κ3) is 6.76. The molecule has 3 atom stereocenters. The van der Waals surface area contributed by atoms with E-state index in [1.54, 1.807) is 53.2 Å². The Kier molecular flexibility index (Phi) is 9.10. The molecule has 5 aromatic carbocycles. The van der Waals surface area contributed by atoms with E-state index in [9.17, 15) is 34.1 Å². The Hall–Kier alpha value is -4.63. The van der Waals surface area contributed by atoms with Crippen molar-refractivity contribution in [2.24, 2.45) is 0 Å². The third-order valence-corrected chi connectivity index (χ3v) is 9.78. The molecule has 0 bridgehead atoms. The third-order valence-electron chi connectivity index (χ3n) is 8.79. The van der Waals surface area contributed by atoms with Crippen molar-refractivity contribution in [2.75, 3.05) is 11.9 Å². The predicted octanol–water partition coefficient (Wildman–Crippen LogP) is 6.73. The molecular formula is C37H35FN2O6P+. The lowest BCUT2D eigenvalue weighted by molar-refractivity contribution is 0.148. The smallest absolute Gasteiger partial charge is 0.440 e. The predicted molar refractivity (Wildman–Crippen MR) is 181 cm³/mol. The zero-order valence-electron chi connectivity index (χ0n) is 25.6. The summed E-state index contributed by atoms with van der Waals surface area (Å²) in [6, 6.07) is 33.2. The van der Waals surface area contributed by atoms with Gasteiger partial charge in [-0.2, -0.15) is 14.7 Å². The first-order valence-corrected chi connectivity index (χ1v) is 16.8. The molecule has 2 amide bonds. The lowest BCUT2D eigenvalue weighted by Gasteiger charge is -2.29. The van der Waals surface area contributed by atoms with Crippen molar-refractivity contribution in [1.29, 1.82) is 0 Å². The fourth-order valence-electron chi connectivity index (χ4n) is 6.24. The molecule has 8 nitrogen and oxygen atoms in total. The molecule has 1 saturated heterocycles. The molecule has 1 heterocycles. The number of halogens is 1. The van der Waals surface area contributed by atoms with Gasteiger partial charge in [-0.05, 0) is 83.1 Å². The summed E-state index contributed by atoms with van der Waals surface area (Å²) in [7, 11) is -2.44. The lowest BCUT2D eigenvalue weighted by Crippen LogP contribution is -2.31. The van der Waals surface area contributed by atoms with Crippen molar-refractivity contribution in [3.8, 4) is 28.0 Å². The lowest BCUT2D eigenvalue weighted by atomic mass is 9.91. The van der Waals surface area contributed by atoms with Crippen LogP contribution < -0.4 is 10.2 Å². The summed E-state index contributed by atoms with van der Waals surface area (Å²) in [5.41, 5.74) is 5.10. The van der Waals surface area contributed by atoms with Crippen LogP contribution in [0.5, 0.6) is 5.75 Å². The summed E-state index contributed by atoms with van der Waals surface area (Å²) < 4.78 is 13.5. The van der Waals surface area contributed by atoms with Crippen molar-refractivity contribution in [1.82, 2.24) is 4.90 Å². The Morgan fingerprint density at radius 1 is 0.766 bits per heavy atom. The zero-order valence-corrected chi connectivity index (χ0v) is 26.5. The first-order valence-electron chi connectivity index (χ1n) is 15.2. The number of urea groups is 1. The molecule has 0 saturated carbocycles. The maximum Gasteiger partial charge on any atom is 0.440 e. The van der Waals surface area contributed by atoms with Crippen LogP contribution >= 0.6 is 7.94 Å². The SMILES string of the molecule is CN1C(=O)N(c2ccc(-c3ccccc3)cc2)[C@H](c2ccc(-c3ccc([P+](O)(O)O)cc3)cc2O)[C@H]1CC[C@H](O)c1ccc(F)cc1. The standard InChI is InChI=1S/C37H34FN2O6P/c1-39-33(21-22-34(41)27-7-14-29(38)15-8-27)36(40(37(39)43)30-16-9-25(10-17-30)24-5-3-2-4-6-24)32-20-13-28(23-35(32)42)26-11-18-31(19-12-26)47(44,45)46/h2-20,23,33-34,36,41,44-46H,21-22H2,1H3/p+1/t33-,34+,36-/m1/s1. The van der Waals surface area contributed by atoms with Crippen LogP contribution in [0.3, 0.4) is 0 Å². The number of hydrogen-bond acceptors (Lipinski definition) is 6. The number of phenols is 1. The Labute approximate surface area is 272 Å². The van der Waals surface area contributed by atoms with Crippen molar-refractivity contribution in [3.63, 3.8) is 0 Å². The highest BCUT2D eigenvalue weighted by Crippen LogP contribution is 2.46. The van der Waals surface area contributed by atoms with Gasteiger partial charge in [0.05, 0.1) is 18.2 Å². The molecule has 0 radical (unpaired) electrons. The summed E-state index contributed by atoms with van der Waals surface area (Å²) in [6.07, 6.45) is -0.196. The minimum Gasteiger partial charge on any atom is -0.508 e. The van der Waals surface area contributed by atoms with Gasteiger partial charge in [-0.25, -0.2) is 9.18 Å². The number of anilines is 1. The monoisotopic (exact) mass is 653 g/mol. The Bertz CT molecular complexity index is 1850. The van der Waals surface area contributed by atoms with Crippen molar-refractivity contribution >= 4 is 25.0 Å². The van der Waals surface area contributed by atoms with E-state index in [0.29, 0.717) is 40.8 Å². The molecule has 0 aliphatic carbocycles. The number of rotatable bonds is 9. The van der Waals surface area contributed by atoms with E-state index in [4.69, 9.17) is 0 Å². The van der Waals surface area contributed by atoms with Crippen molar-refractivity contribution in [3.05, 3.63) is 138 Å². The summed E-state index contributed by atoms with van der Waals surface area (Å²) in [5, 5.41) is 22.4. The van der Waals surface area contributed by atoms with Crippen LogP contribution in [0.25, 0.3) is 22.3 Å². The molecule has 1 aliphatic rings. The maximum atomic E-state index is 13.9. The minimum atomic E-state index is -4.15. The molecule has 5 aromatic rings. The first-order chi connectivity index (χ1) is 22.5. The van der Waals surface area contributed by atoms with E-state index in [-0.39, 0.29) is 17.1 Å². The molecule has 47 heavy (non-hydrogen) atoms. The number of likely N-dealkylation sites (N-methyl/N-ethyl adjacent to an activating group) is 1. The van der Waals surface area contributed by atoms with Gasteiger partial charge in [0.2, 0.25) is 0 Å². The van der Waals surface area contributed by atoms with Gasteiger partial charge in [0, 0.05) is 18.3 Å². The van der Waals surface area contributed by atoms with Gasteiger partial charge in [-0.1, -0.05) is 78.9 Å². The highest BCUT2D eigenvalue weighted by molar-refractivity contribution is 7.66. The number of benzene rings is 5. The average molecular weight is 654 g/mol. The number of aliphatic hydroxyl groups is 1. The van der Waals surface area contributed by atoms with E-state index in [1.165, 1.54) is 24.3 Å². The van der Waals surface area contributed by atoms with Gasteiger partial charge >= 0.3 is 14.0 Å². The van der Waals surface area contributed by atoms with Crippen LogP contribution in [0, 0.1) is 5.82 Å². The van der Waals surface area contributed by atoms with E-state index in [2.05, 4.69) is 0 Å². The molecule has 0 aromatic heterocycles. The molecule has 1 fully saturated rings. The molecule has 240 valence electrons. The topological polar surface area (TPSA) is 125 Å². The van der Waals surface area contributed by atoms with E-state index in [1.807, 2.05) is 60.7 Å². The summed E-state index contributed by atoms with van der Waals surface area (Å²) in [6.45, 7) is 0. The quantitative estimate of drug-likeness (QED) is 0.113.